The third-order valence-electron chi connectivity index (χ3n) is 7.45. The number of carbonyl (C=O) groups is 3. The van der Waals surface area contributed by atoms with Gasteiger partial charge in [-0.15, -0.1) is 9.81 Å². The number of oxime groups is 1. The van der Waals surface area contributed by atoms with E-state index in [9.17, 15) is 39.6 Å². The molecule has 0 heterocycles. The van der Waals surface area contributed by atoms with Gasteiger partial charge in [0.1, 0.15) is 22.8 Å². The highest BCUT2D eigenvalue weighted by molar-refractivity contribution is 7.82. The molecule has 14 heteroatoms. The topological polar surface area (TPSA) is 212 Å². The lowest BCUT2D eigenvalue weighted by Gasteiger charge is -2.52. The molecule has 1 fully saturated rings. The van der Waals surface area contributed by atoms with Gasteiger partial charge in [-0.05, 0) is 55.8 Å². The predicted octanol–water partition coefficient (Wildman–Crippen LogP) is 1.68. The average molecular weight is 530 g/mol. The molecule has 5 N–H and O–H groups in total. The minimum absolute atomic E-state index is 0.116. The zero-order valence-corrected chi connectivity index (χ0v) is 20.8. The molecule has 194 valence electrons. The van der Waals surface area contributed by atoms with Crippen molar-refractivity contribution in [1.82, 2.24) is 4.90 Å². The molecule has 1 aromatic rings. The lowest BCUT2D eigenvalue weighted by atomic mass is 9.55. The summed E-state index contributed by atoms with van der Waals surface area (Å²) in [7, 11) is 2.96. The van der Waals surface area contributed by atoms with E-state index in [1.54, 1.807) is 0 Å². The van der Waals surface area contributed by atoms with E-state index in [2.05, 4.69) is 15.5 Å². The van der Waals surface area contributed by atoms with Crippen molar-refractivity contribution in [3.8, 4) is 0 Å². The number of hydrogen-bond donors (Lipinski definition) is 5. The molecule has 0 radical (unpaired) electrons. The zero-order valence-electron chi connectivity index (χ0n) is 19.9. The first-order valence-electron chi connectivity index (χ1n) is 11.0. The van der Waals surface area contributed by atoms with E-state index < -0.39 is 62.4 Å². The number of amides is 1. The van der Waals surface area contributed by atoms with Crippen molar-refractivity contribution < 1.29 is 29.8 Å². The molecule has 0 aromatic heterocycles. The largest absolute Gasteiger partial charge is 0.508 e. The van der Waals surface area contributed by atoms with Gasteiger partial charge in [0.2, 0.25) is 11.3 Å². The first-order valence-corrected chi connectivity index (χ1v) is 11.4. The summed E-state index contributed by atoms with van der Waals surface area (Å²) in [5.74, 6) is -6.68. The molecular formula is C23H23N5O8S. The predicted molar refractivity (Wildman–Crippen MR) is 134 cm³/mol. The standard InChI is InChI=1S/C23H23N5O8S/c1-8(25-34)9-4-5-12(26-35)13-10(9)6-22(37)7-11-16(28(2)3)18(30)14(21(24)33)19(31)23(11,27-36)20(32)15(22)17(13)29/h4-5,11,16,29,31,34,37H,6-7H2,1-3H3,(H2,24,33)/b25-8-/t11?,16-,22+,23+/m0/s1. The van der Waals surface area contributed by atoms with Crippen LogP contribution < -0.4 is 5.73 Å². The second kappa shape index (κ2) is 8.59. The van der Waals surface area contributed by atoms with Gasteiger partial charge in [0.15, 0.2) is 5.78 Å². The number of ketones is 2. The highest BCUT2D eigenvalue weighted by atomic mass is 32.1. The van der Waals surface area contributed by atoms with Crippen molar-refractivity contribution in [1.29, 1.82) is 0 Å². The number of likely N-dealkylation sites (N-methyl/N-ethyl adjacent to an activating group) is 1. The van der Waals surface area contributed by atoms with Crippen molar-refractivity contribution in [2.24, 2.45) is 27.2 Å². The quantitative estimate of drug-likeness (QED) is 0.0935. The van der Waals surface area contributed by atoms with E-state index in [-0.39, 0.29) is 29.8 Å². The molecule has 1 unspecified atom stereocenters. The molecule has 13 nitrogen and oxygen atoms in total. The Balaban J connectivity index is 2.12. The van der Waals surface area contributed by atoms with Crippen LogP contribution in [-0.4, -0.2) is 73.9 Å². The molecule has 0 aliphatic heterocycles. The number of nitrogens with two attached hydrogens (primary N) is 1. The number of carbonyl (C=O) groups excluding carboxylic acids is 3. The van der Waals surface area contributed by atoms with Gasteiger partial charge in [-0.1, -0.05) is 11.2 Å². The van der Waals surface area contributed by atoms with Crippen LogP contribution in [0.2, 0.25) is 0 Å². The van der Waals surface area contributed by atoms with E-state index >= 15 is 0 Å². The Labute approximate surface area is 215 Å². The number of primary amides is 1. The molecule has 1 saturated carbocycles. The molecule has 1 aromatic carbocycles. The molecule has 4 rings (SSSR count). The summed E-state index contributed by atoms with van der Waals surface area (Å²) in [5, 5.41) is 40.8. The normalized spacial score (nSPS) is 29.6. The van der Waals surface area contributed by atoms with Crippen LogP contribution in [0.15, 0.2) is 44.5 Å². The van der Waals surface area contributed by atoms with Crippen molar-refractivity contribution in [2.75, 3.05) is 14.1 Å². The number of thiol groups is 1. The monoisotopic (exact) mass is 529 g/mol. The van der Waals surface area contributed by atoms with Crippen LogP contribution in [0.4, 0.5) is 5.69 Å². The minimum atomic E-state index is -2.67. The van der Waals surface area contributed by atoms with Crippen LogP contribution >= 0.6 is 12.6 Å². The Morgan fingerprint density at radius 3 is 2.38 bits per heavy atom. The summed E-state index contributed by atoms with van der Waals surface area (Å²) < 4.78 is -1.53. The van der Waals surface area contributed by atoms with Crippen LogP contribution in [0.5, 0.6) is 0 Å². The summed E-state index contributed by atoms with van der Waals surface area (Å²) in [6.45, 7) is 1.48. The second-order valence-corrected chi connectivity index (χ2v) is 10.4. The highest BCUT2D eigenvalue weighted by Gasteiger charge is 2.69. The minimum Gasteiger partial charge on any atom is -0.508 e. The SMILES string of the molecule is C/C(=N/O)c1ccc(N=O)c2c1C[C@@]1(S)CC3[C@H](N(C)C)C(=O)C(C(N)=O)=C(O)[C@@]3(N=O)C(=O)C1=C2O. The van der Waals surface area contributed by atoms with Crippen LogP contribution in [-0.2, 0) is 20.8 Å². The Hall–Kier alpha value is -3.91. The Morgan fingerprint density at radius 1 is 1.22 bits per heavy atom. The second-order valence-electron chi connectivity index (χ2n) is 9.55. The molecule has 1 amide bonds. The van der Waals surface area contributed by atoms with Crippen LogP contribution in [0, 0.1) is 15.7 Å². The zero-order chi connectivity index (χ0) is 27.6. The van der Waals surface area contributed by atoms with Gasteiger partial charge >= 0.3 is 0 Å². The van der Waals surface area contributed by atoms with E-state index in [0.717, 1.165) is 0 Å². The van der Waals surface area contributed by atoms with Gasteiger partial charge in [0.25, 0.3) is 5.91 Å². The fourth-order valence-corrected chi connectivity index (χ4v) is 6.45. The lowest BCUT2D eigenvalue weighted by molar-refractivity contribution is -0.133. The number of benzene rings is 1. The van der Waals surface area contributed by atoms with Crippen molar-refractivity contribution >= 4 is 47.3 Å². The van der Waals surface area contributed by atoms with Crippen molar-refractivity contribution in [3.63, 3.8) is 0 Å². The number of fused-ring (bicyclic) bond motifs is 3. The maximum atomic E-state index is 14.1. The molecule has 3 aliphatic rings. The summed E-state index contributed by atoms with van der Waals surface area (Å²) in [6.07, 6.45) is -0.361. The lowest BCUT2D eigenvalue weighted by Crippen LogP contribution is -2.67. The summed E-state index contributed by atoms with van der Waals surface area (Å²) in [4.78, 5) is 64.8. The van der Waals surface area contributed by atoms with E-state index in [1.807, 2.05) is 0 Å². The van der Waals surface area contributed by atoms with Crippen molar-refractivity contribution in [2.45, 2.75) is 36.1 Å². The number of nitroso groups, excluding NO2 is 2. The van der Waals surface area contributed by atoms with Crippen LogP contribution in [0.3, 0.4) is 0 Å². The fourth-order valence-electron chi connectivity index (χ4n) is 5.89. The number of hydrogen-bond acceptors (Lipinski definition) is 13. The third kappa shape index (κ3) is 3.28. The number of nitrogens with zero attached hydrogens (tertiary/aromatic N) is 4. The van der Waals surface area contributed by atoms with Gasteiger partial charge in [0, 0.05) is 21.8 Å². The van der Waals surface area contributed by atoms with Crippen LogP contribution in [0.25, 0.3) is 5.76 Å². The first kappa shape index (κ1) is 26.2. The average Bonchev–Trinajstić information content (AvgIpc) is 2.82. The maximum Gasteiger partial charge on any atom is 0.255 e. The first-order chi connectivity index (χ1) is 17.3. The molecule has 37 heavy (non-hydrogen) atoms. The van der Waals surface area contributed by atoms with E-state index in [0.29, 0.717) is 11.1 Å². The molecule has 4 atom stereocenters. The fraction of sp³-hybridized carbons (Fsp3) is 0.391. The van der Waals surface area contributed by atoms with Gasteiger partial charge in [0.05, 0.1) is 17.3 Å². The number of aliphatic hydroxyl groups excluding tert-OH is 2. The van der Waals surface area contributed by atoms with E-state index in [1.165, 1.54) is 38.1 Å². The number of Topliss-reactive ketones (excluding diaryl/α,β-unsaturated/α-hetero) is 2. The van der Waals surface area contributed by atoms with Gasteiger partial charge in [-0.3, -0.25) is 19.3 Å². The summed E-state index contributed by atoms with van der Waals surface area (Å²) >= 11 is 4.74. The van der Waals surface area contributed by atoms with Crippen molar-refractivity contribution in [3.05, 3.63) is 55.5 Å². The number of rotatable bonds is 5. The third-order valence-corrected chi connectivity index (χ3v) is 8.01. The molecule has 3 aliphatic carbocycles. The Bertz CT molecular complexity index is 1400. The van der Waals surface area contributed by atoms with Crippen LogP contribution in [0.1, 0.15) is 30.0 Å². The smallest absolute Gasteiger partial charge is 0.255 e. The summed E-state index contributed by atoms with van der Waals surface area (Å²) in [6, 6.07) is 1.44. The molecule has 0 saturated heterocycles. The van der Waals surface area contributed by atoms with Gasteiger partial charge in [-0.2, -0.15) is 12.6 Å². The van der Waals surface area contributed by atoms with Gasteiger partial charge < -0.3 is 21.2 Å². The maximum absolute atomic E-state index is 14.1. The molecule has 0 spiro atoms. The summed E-state index contributed by atoms with van der Waals surface area (Å²) in [5.41, 5.74) is 1.67. The Kier molecular flexibility index (Phi) is 6.07. The number of aliphatic hydroxyl groups is 2. The Morgan fingerprint density at radius 2 is 1.86 bits per heavy atom. The highest BCUT2D eigenvalue weighted by Crippen LogP contribution is 2.58. The van der Waals surface area contributed by atoms with E-state index in [4.69, 9.17) is 18.4 Å². The molecule has 0 bridgehead atoms. The molecular weight excluding hydrogens is 506 g/mol. The van der Waals surface area contributed by atoms with Gasteiger partial charge in [-0.25, -0.2) is 0 Å².